The van der Waals surface area contributed by atoms with Gasteiger partial charge in [-0.2, -0.15) is 0 Å². The number of piperidine rings is 1. The molecule has 1 aromatic carbocycles. The van der Waals surface area contributed by atoms with Crippen molar-refractivity contribution in [2.75, 3.05) is 58.8 Å². The Balaban J connectivity index is 1.39. The minimum atomic E-state index is -0.0768. The van der Waals surface area contributed by atoms with Crippen LogP contribution in [-0.2, 0) is 0 Å². The molecule has 2 saturated heterocycles. The van der Waals surface area contributed by atoms with Crippen molar-refractivity contribution in [1.82, 2.24) is 25.1 Å². The van der Waals surface area contributed by atoms with Gasteiger partial charge in [-0.15, -0.1) is 11.3 Å². The van der Waals surface area contributed by atoms with Crippen LogP contribution in [0.25, 0.3) is 21.3 Å². The standard InChI is InChI=1S/C26H34N6OS/c1-27-25(33)23-21(19-7-5-4-6-8-19)22-24(28-17-29-26(22)34-23)32-13-9-18(10-14-32)15-31(3)20-11-12-30(2)16-20/h4-8,17-18,20H,9-16H2,1-3H3,(H,27,33). The van der Waals surface area contributed by atoms with E-state index in [4.69, 9.17) is 4.98 Å². The minimum Gasteiger partial charge on any atom is -0.356 e. The molecule has 7 nitrogen and oxygen atoms in total. The maximum absolute atomic E-state index is 12.8. The topological polar surface area (TPSA) is 64.6 Å². The Morgan fingerprint density at radius 3 is 2.59 bits per heavy atom. The molecule has 0 radical (unpaired) electrons. The summed E-state index contributed by atoms with van der Waals surface area (Å²) >= 11 is 1.45. The molecular formula is C26H34N6OS. The first-order valence-electron chi connectivity index (χ1n) is 12.2. The molecule has 4 heterocycles. The average Bonchev–Trinajstić information content (AvgIpc) is 3.48. The van der Waals surface area contributed by atoms with E-state index in [0.717, 1.165) is 53.1 Å². The van der Waals surface area contributed by atoms with E-state index in [1.54, 1.807) is 13.4 Å². The number of hydrogen-bond acceptors (Lipinski definition) is 7. The van der Waals surface area contributed by atoms with Gasteiger partial charge >= 0.3 is 0 Å². The van der Waals surface area contributed by atoms with Crippen LogP contribution in [0.5, 0.6) is 0 Å². The summed E-state index contributed by atoms with van der Waals surface area (Å²) in [6, 6.07) is 10.8. The van der Waals surface area contributed by atoms with Gasteiger partial charge in [-0.1, -0.05) is 30.3 Å². The van der Waals surface area contributed by atoms with E-state index in [0.29, 0.717) is 16.8 Å². The summed E-state index contributed by atoms with van der Waals surface area (Å²) in [6.07, 6.45) is 5.24. The minimum absolute atomic E-state index is 0.0768. The smallest absolute Gasteiger partial charge is 0.261 e. The lowest BCUT2D eigenvalue weighted by molar-refractivity contribution is 0.0967. The van der Waals surface area contributed by atoms with Crippen LogP contribution in [-0.4, -0.2) is 85.6 Å². The number of amides is 1. The SMILES string of the molecule is CNC(=O)c1sc2ncnc(N3CCC(CN(C)C4CCN(C)C4)CC3)c2c1-c1ccccc1. The summed E-state index contributed by atoms with van der Waals surface area (Å²) in [5.74, 6) is 1.59. The molecule has 0 aliphatic carbocycles. The summed E-state index contributed by atoms with van der Waals surface area (Å²) < 4.78 is 0. The average molecular weight is 479 g/mol. The van der Waals surface area contributed by atoms with Gasteiger partial charge in [-0.05, 0) is 51.4 Å². The van der Waals surface area contributed by atoms with Gasteiger partial charge in [0.2, 0.25) is 0 Å². The van der Waals surface area contributed by atoms with Gasteiger partial charge in [0.05, 0.1) is 5.39 Å². The molecule has 3 aromatic rings. The van der Waals surface area contributed by atoms with Crippen molar-refractivity contribution in [1.29, 1.82) is 0 Å². The van der Waals surface area contributed by atoms with E-state index in [1.807, 2.05) is 18.2 Å². The summed E-state index contributed by atoms with van der Waals surface area (Å²) in [6.45, 7) is 5.52. The highest BCUT2D eigenvalue weighted by molar-refractivity contribution is 7.21. The lowest BCUT2D eigenvalue weighted by atomic mass is 9.95. The summed E-state index contributed by atoms with van der Waals surface area (Å²) in [4.78, 5) is 31.0. The Morgan fingerprint density at radius 1 is 1.15 bits per heavy atom. The van der Waals surface area contributed by atoms with Crippen molar-refractivity contribution in [3.05, 3.63) is 41.5 Å². The fraction of sp³-hybridized carbons (Fsp3) is 0.500. The fourth-order valence-electron chi connectivity index (χ4n) is 5.47. The van der Waals surface area contributed by atoms with Crippen LogP contribution in [0, 0.1) is 5.92 Å². The number of nitrogens with zero attached hydrogens (tertiary/aromatic N) is 5. The first kappa shape index (κ1) is 23.2. The zero-order chi connectivity index (χ0) is 23.7. The quantitative estimate of drug-likeness (QED) is 0.584. The van der Waals surface area contributed by atoms with Crippen LogP contribution in [0.2, 0.25) is 0 Å². The molecule has 1 unspecified atom stereocenters. The van der Waals surface area contributed by atoms with Crippen LogP contribution in [0.15, 0.2) is 36.7 Å². The third-order valence-corrected chi connectivity index (χ3v) is 8.51. The summed E-state index contributed by atoms with van der Waals surface area (Å²) in [5.41, 5.74) is 1.98. The zero-order valence-corrected chi connectivity index (χ0v) is 21.1. The van der Waals surface area contributed by atoms with E-state index < -0.39 is 0 Å². The van der Waals surface area contributed by atoms with E-state index in [9.17, 15) is 4.79 Å². The predicted molar refractivity (Wildman–Crippen MR) is 140 cm³/mol. The van der Waals surface area contributed by atoms with Crippen LogP contribution in [0.1, 0.15) is 28.9 Å². The number of nitrogens with one attached hydrogen (secondary N) is 1. The highest BCUT2D eigenvalue weighted by Gasteiger charge is 2.29. The van der Waals surface area contributed by atoms with Crippen LogP contribution in [0.3, 0.4) is 0 Å². The van der Waals surface area contributed by atoms with Gasteiger partial charge in [-0.3, -0.25) is 4.79 Å². The third kappa shape index (κ3) is 4.54. The molecule has 0 spiro atoms. The molecule has 2 aliphatic heterocycles. The van der Waals surface area contributed by atoms with Crippen LogP contribution in [0.4, 0.5) is 5.82 Å². The third-order valence-electron chi connectivity index (χ3n) is 7.41. The highest BCUT2D eigenvalue weighted by Crippen LogP contribution is 2.42. The van der Waals surface area contributed by atoms with Crippen LogP contribution >= 0.6 is 11.3 Å². The van der Waals surface area contributed by atoms with Gasteiger partial charge < -0.3 is 20.0 Å². The maximum Gasteiger partial charge on any atom is 0.261 e. The van der Waals surface area contributed by atoms with E-state index in [-0.39, 0.29) is 5.91 Å². The number of hydrogen-bond donors (Lipinski definition) is 1. The molecule has 8 heteroatoms. The number of fused-ring (bicyclic) bond motifs is 1. The molecule has 1 atom stereocenters. The van der Waals surface area contributed by atoms with Crippen molar-refractivity contribution in [2.24, 2.45) is 5.92 Å². The molecule has 1 amide bonds. The molecule has 180 valence electrons. The number of carbonyl (C=O) groups excluding carboxylic acids is 1. The fourth-order valence-corrected chi connectivity index (χ4v) is 6.57. The highest BCUT2D eigenvalue weighted by atomic mass is 32.1. The number of rotatable bonds is 6. The maximum atomic E-state index is 12.8. The second kappa shape index (κ2) is 9.98. The molecule has 34 heavy (non-hydrogen) atoms. The Labute approximate surface area is 205 Å². The van der Waals surface area contributed by atoms with E-state index in [2.05, 4.69) is 51.2 Å². The van der Waals surface area contributed by atoms with Crippen LogP contribution < -0.4 is 10.2 Å². The Morgan fingerprint density at radius 2 is 1.91 bits per heavy atom. The molecule has 2 fully saturated rings. The largest absolute Gasteiger partial charge is 0.356 e. The Hall–Kier alpha value is -2.55. The van der Waals surface area contributed by atoms with Crippen molar-refractivity contribution in [3.63, 3.8) is 0 Å². The molecular weight excluding hydrogens is 444 g/mol. The Kier molecular flexibility index (Phi) is 6.81. The Bertz CT molecular complexity index is 1140. The molecule has 2 aliphatic rings. The van der Waals surface area contributed by atoms with E-state index >= 15 is 0 Å². The lowest BCUT2D eigenvalue weighted by Crippen LogP contribution is -2.42. The summed E-state index contributed by atoms with van der Waals surface area (Å²) in [7, 11) is 6.19. The number of anilines is 1. The molecule has 1 N–H and O–H groups in total. The van der Waals surface area contributed by atoms with Gasteiger partial charge in [0, 0.05) is 44.8 Å². The lowest BCUT2D eigenvalue weighted by Gasteiger charge is -2.36. The normalized spacial score (nSPS) is 19.9. The number of benzene rings is 1. The van der Waals surface area contributed by atoms with Crippen molar-refractivity contribution >= 4 is 33.3 Å². The van der Waals surface area contributed by atoms with E-state index in [1.165, 1.54) is 37.4 Å². The first-order valence-corrected chi connectivity index (χ1v) is 13.1. The molecule has 0 saturated carbocycles. The van der Waals surface area contributed by atoms with Crippen molar-refractivity contribution in [3.8, 4) is 11.1 Å². The second-order valence-electron chi connectivity index (χ2n) is 9.70. The zero-order valence-electron chi connectivity index (χ0n) is 20.3. The monoisotopic (exact) mass is 478 g/mol. The van der Waals surface area contributed by atoms with Gasteiger partial charge in [-0.25, -0.2) is 9.97 Å². The van der Waals surface area contributed by atoms with Gasteiger partial charge in [0.25, 0.3) is 5.91 Å². The van der Waals surface area contributed by atoms with Gasteiger partial charge in [0.15, 0.2) is 0 Å². The predicted octanol–water partition coefficient (Wildman–Crippen LogP) is 3.57. The summed E-state index contributed by atoms with van der Waals surface area (Å²) in [5, 5.41) is 3.80. The molecule has 0 bridgehead atoms. The van der Waals surface area contributed by atoms with Crippen molar-refractivity contribution < 1.29 is 4.79 Å². The number of likely N-dealkylation sites (tertiary alicyclic amines) is 1. The first-order chi connectivity index (χ1) is 16.5. The number of carbonyl (C=O) groups is 1. The number of likely N-dealkylation sites (N-methyl/N-ethyl adjacent to an activating group) is 2. The molecule has 5 rings (SSSR count). The van der Waals surface area contributed by atoms with Gasteiger partial charge in [0.1, 0.15) is 21.9 Å². The van der Waals surface area contributed by atoms with Crippen molar-refractivity contribution in [2.45, 2.75) is 25.3 Å². The second-order valence-corrected chi connectivity index (χ2v) is 10.7. The number of thiophene rings is 1. The molecule has 2 aromatic heterocycles. The number of aromatic nitrogens is 2.